The van der Waals surface area contributed by atoms with Crippen LogP contribution in [-0.2, 0) is 6.54 Å². The van der Waals surface area contributed by atoms with Gasteiger partial charge < -0.3 is 10.3 Å². The maximum atomic E-state index is 4.47. The van der Waals surface area contributed by atoms with E-state index in [2.05, 4.69) is 31.2 Å². The molecule has 1 aliphatic rings. The highest BCUT2D eigenvalue weighted by molar-refractivity contribution is 9.10. The van der Waals surface area contributed by atoms with E-state index in [1.54, 1.807) is 0 Å². The van der Waals surface area contributed by atoms with E-state index >= 15 is 0 Å². The monoisotopic (exact) mass is 271 g/mol. The first-order valence-electron chi connectivity index (χ1n) is 5.70. The Labute approximate surface area is 99.2 Å². The normalized spacial score (nSPS) is 18.3. The Bertz CT molecular complexity index is 316. The third-order valence-corrected chi connectivity index (χ3v) is 3.70. The van der Waals surface area contributed by atoms with E-state index < -0.39 is 0 Å². The average Bonchev–Trinajstić information content (AvgIpc) is 2.61. The van der Waals surface area contributed by atoms with Gasteiger partial charge in [0, 0.05) is 5.92 Å². The summed E-state index contributed by atoms with van der Waals surface area (Å²) in [6, 6.07) is 0. The molecule has 3 nitrogen and oxygen atoms in total. The van der Waals surface area contributed by atoms with Crippen LogP contribution < -0.4 is 5.32 Å². The first kappa shape index (κ1) is 11.1. The van der Waals surface area contributed by atoms with Crippen molar-refractivity contribution in [3.63, 3.8) is 0 Å². The van der Waals surface area contributed by atoms with Crippen molar-refractivity contribution in [3.8, 4) is 0 Å². The van der Waals surface area contributed by atoms with Crippen LogP contribution in [0.5, 0.6) is 0 Å². The maximum absolute atomic E-state index is 4.47. The summed E-state index contributed by atoms with van der Waals surface area (Å²) >= 11 is 3.55. The van der Waals surface area contributed by atoms with E-state index in [1.807, 2.05) is 7.05 Å². The van der Waals surface area contributed by atoms with E-state index in [0.29, 0.717) is 5.92 Å². The highest BCUT2D eigenvalue weighted by Gasteiger charge is 2.20. The molecule has 0 bridgehead atoms. The van der Waals surface area contributed by atoms with E-state index in [4.69, 9.17) is 0 Å². The molecule has 2 N–H and O–H groups in total. The topological polar surface area (TPSA) is 40.7 Å². The Kier molecular flexibility index (Phi) is 3.81. The number of hydrogen-bond donors (Lipinski definition) is 2. The lowest BCUT2D eigenvalue weighted by Gasteiger charge is -2.20. The molecule has 1 aromatic heterocycles. The first-order chi connectivity index (χ1) is 7.31. The van der Waals surface area contributed by atoms with Crippen molar-refractivity contribution >= 4 is 15.9 Å². The molecule has 0 spiro atoms. The van der Waals surface area contributed by atoms with Gasteiger partial charge in [-0.15, -0.1) is 0 Å². The average molecular weight is 272 g/mol. The fraction of sp³-hybridized carbons (Fsp3) is 0.727. The zero-order chi connectivity index (χ0) is 10.7. The molecule has 0 saturated heterocycles. The summed E-state index contributed by atoms with van der Waals surface area (Å²) in [6.07, 6.45) is 6.72. The van der Waals surface area contributed by atoms with Crippen LogP contribution in [0.2, 0.25) is 0 Å². The van der Waals surface area contributed by atoms with Gasteiger partial charge in [0.15, 0.2) is 0 Å². The molecule has 84 valence electrons. The van der Waals surface area contributed by atoms with Crippen LogP contribution in [-0.4, -0.2) is 17.0 Å². The lowest BCUT2D eigenvalue weighted by atomic mass is 9.87. The lowest BCUT2D eigenvalue weighted by molar-refractivity contribution is 0.436. The molecule has 1 heterocycles. The number of H-pyrrole nitrogens is 1. The molecule has 0 aromatic carbocycles. The molecule has 0 unspecified atom stereocenters. The van der Waals surface area contributed by atoms with Crippen LogP contribution >= 0.6 is 15.9 Å². The predicted molar refractivity (Wildman–Crippen MR) is 64.9 cm³/mol. The fourth-order valence-electron chi connectivity index (χ4n) is 2.33. The van der Waals surface area contributed by atoms with Gasteiger partial charge in [0.1, 0.15) is 10.4 Å². The zero-order valence-electron chi connectivity index (χ0n) is 9.15. The standard InChI is InChI=1S/C11H18BrN3/c1-13-7-9-14-10(11(12)15-9)8-5-3-2-4-6-8/h8,13H,2-7H2,1H3,(H,14,15). The van der Waals surface area contributed by atoms with Gasteiger partial charge in [0.25, 0.3) is 0 Å². The molecule has 0 amide bonds. The molecule has 1 aromatic rings. The van der Waals surface area contributed by atoms with Crippen LogP contribution in [0.15, 0.2) is 4.60 Å². The number of rotatable bonds is 3. The Morgan fingerprint density at radius 1 is 1.40 bits per heavy atom. The third-order valence-electron chi connectivity index (χ3n) is 3.09. The van der Waals surface area contributed by atoms with Gasteiger partial charge in [0.2, 0.25) is 0 Å². The quantitative estimate of drug-likeness (QED) is 0.888. The van der Waals surface area contributed by atoms with Crippen molar-refractivity contribution in [1.29, 1.82) is 0 Å². The molecular weight excluding hydrogens is 254 g/mol. The van der Waals surface area contributed by atoms with Gasteiger partial charge in [-0.05, 0) is 35.8 Å². The number of imidazole rings is 1. The summed E-state index contributed by atoms with van der Waals surface area (Å²) in [5.41, 5.74) is 1.31. The third kappa shape index (κ3) is 2.61. The van der Waals surface area contributed by atoms with Crippen molar-refractivity contribution in [3.05, 3.63) is 16.1 Å². The minimum Gasteiger partial charge on any atom is -0.344 e. The number of hydrogen-bond acceptors (Lipinski definition) is 2. The minimum absolute atomic E-state index is 0.686. The van der Waals surface area contributed by atoms with Gasteiger partial charge in [-0.25, -0.2) is 4.98 Å². The summed E-state index contributed by atoms with van der Waals surface area (Å²) in [6.45, 7) is 0.811. The van der Waals surface area contributed by atoms with E-state index in [0.717, 1.165) is 17.0 Å². The largest absolute Gasteiger partial charge is 0.344 e. The van der Waals surface area contributed by atoms with Crippen molar-refractivity contribution in [1.82, 2.24) is 15.3 Å². The molecule has 0 radical (unpaired) electrons. The number of aromatic nitrogens is 2. The Balaban J connectivity index is 2.11. The Morgan fingerprint density at radius 2 is 2.13 bits per heavy atom. The van der Waals surface area contributed by atoms with Crippen molar-refractivity contribution in [2.75, 3.05) is 7.05 Å². The van der Waals surface area contributed by atoms with Crippen LogP contribution in [0.4, 0.5) is 0 Å². The van der Waals surface area contributed by atoms with E-state index in [9.17, 15) is 0 Å². The minimum atomic E-state index is 0.686. The Hall–Kier alpha value is -0.350. The number of aromatic amines is 1. The molecular formula is C11H18BrN3. The summed E-state index contributed by atoms with van der Waals surface area (Å²) in [5.74, 6) is 1.72. The molecule has 1 fully saturated rings. The summed E-state index contributed by atoms with van der Waals surface area (Å²) in [7, 11) is 1.94. The number of nitrogens with zero attached hydrogens (tertiary/aromatic N) is 1. The number of halogens is 1. The van der Waals surface area contributed by atoms with Crippen LogP contribution in [0, 0.1) is 0 Å². The van der Waals surface area contributed by atoms with Crippen LogP contribution in [0.1, 0.15) is 49.5 Å². The van der Waals surface area contributed by atoms with Crippen molar-refractivity contribution in [2.45, 2.75) is 44.6 Å². The van der Waals surface area contributed by atoms with Gasteiger partial charge in [-0.3, -0.25) is 0 Å². The highest BCUT2D eigenvalue weighted by atomic mass is 79.9. The second kappa shape index (κ2) is 5.12. The first-order valence-corrected chi connectivity index (χ1v) is 6.49. The lowest BCUT2D eigenvalue weighted by Crippen LogP contribution is -2.08. The fourth-order valence-corrected chi connectivity index (χ4v) is 2.96. The maximum Gasteiger partial charge on any atom is 0.127 e. The van der Waals surface area contributed by atoms with Crippen LogP contribution in [0.25, 0.3) is 0 Å². The molecule has 2 rings (SSSR count). The summed E-state index contributed by atoms with van der Waals surface area (Å²) in [5, 5.41) is 3.11. The second-order valence-corrected chi connectivity index (χ2v) is 5.00. The van der Waals surface area contributed by atoms with Gasteiger partial charge in [-0.2, -0.15) is 0 Å². The summed E-state index contributed by atoms with van der Waals surface area (Å²) < 4.78 is 1.01. The van der Waals surface area contributed by atoms with Gasteiger partial charge in [0.05, 0.1) is 12.2 Å². The number of nitrogens with one attached hydrogen (secondary N) is 2. The SMILES string of the molecule is CNCc1nc(Br)c(C2CCCCC2)[nH]1. The molecule has 0 aliphatic heterocycles. The van der Waals surface area contributed by atoms with Gasteiger partial charge >= 0.3 is 0 Å². The van der Waals surface area contributed by atoms with Gasteiger partial charge in [-0.1, -0.05) is 19.3 Å². The molecule has 1 aliphatic carbocycles. The molecule has 4 heteroatoms. The van der Waals surface area contributed by atoms with E-state index in [-0.39, 0.29) is 0 Å². The molecule has 15 heavy (non-hydrogen) atoms. The summed E-state index contributed by atoms with van der Waals surface area (Å²) in [4.78, 5) is 7.91. The molecule has 0 atom stereocenters. The van der Waals surface area contributed by atoms with Crippen molar-refractivity contribution < 1.29 is 0 Å². The zero-order valence-corrected chi connectivity index (χ0v) is 10.7. The van der Waals surface area contributed by atoms with Crippen LogP contribution in [0.3, 0.4) is 0 Å². The highest BCUT2D eigenvalue weighted by Crippen LogP contribution is 2.34. The van der Waals surface area contributed by atoms with Crippen molar-refractivity contribution in [2.24, 2.45) is 0 Å². The molecule has 1 saturated carbocycles. The predicted octanol–water partition coefficient (Wildman–Crippen LogP) is 2.94. The second-order valence-electron chi connectivity index (χ2n) is 4.25. The Morgan fingerprint density at radius 3 is 2.80 bits per heavy atom. The smallest absolute Gasteiger partial charge is 0.127 e. The van der Waals surface area contributed by atoms with E-state index in [1.165, 1.54) is 37.8 Å².